The lowest BCUT2D eigenvalue weighted by molar-refractivity contribution is 0.102. The van der Waals surface area contributed by atoms with Crippen molar-refractivity contribution in [3.8, 4) is 0 Å². The summed E-state index contributed by atoms with van der Waals surface area (Å²) in [6, 6.07) is 8.65. The van der Waals surface area contributed by atoms with Crippen LogP contribution >= 0.6 is 27.5 Å². The third-order valence-corrected chi connectivity index (χ3v) is 3.37. The second-order valence-electron chi connectivity index (χ2n) is 4.04. The second kappa shape index (κ2) is 6.72. The molecule has 0 aliphatic heterocycles. The number of rotatable bonds is 4. The molecule has 0 atom stereocenters. The number of nitrogens with zero attached hydrogens (tertiary/aromatic N) is 1. The number of hydrogen-bond acceptors (Lipinski definition) is 3. The zero-order valence-corrected chi connectivity index (χ0v) is 13.1. The normalized spacial score (nSPS) is 10.2. The monoisotopic (exact) mass is 353 g/mol. The van der Waals surface area contributed by atoms with E-state index in [1.165, 1.54) is 0 Å². The van der Waals surface area contributed by atoms with E-state index in [1.807, 2.05) is 13.0 Å². The zero-order valence-electron chi connectivity index (χ0n) is 10.8. The molecule has 2 rings (SSSR count). The molecule has 0 aliphatic rings. The minimum absolute atomic E-state index is 0.226. The fourth-order valence-corrected chi connectivity index (χ4v) is 2.36. The third-order valence-electron chi connectivity index (χ3n) is 2.56. The van der Waals surface area contributed by atoms with Gasteiger partial charge in [-0.2, -0.15) is 0 Å². The molecule has 0 spiro atoms. The summed E-state index contributed by atoms with van der Waals surface area (Å²) >= 11 is 9.39. The molecule has 1 aromatic heterocycles. The van der Waals surface area contributed by atoms with Gasteiger partial charge in [0.25, 0.3) is 5.91 Å². The molecule has 4 nitrogen and oxygen atoms in total. The quantitative estimate of drug-likeness (QED) is 0.866. The molecule has 1 amide bonds. The van der Waals surface area contributed by atoms with E-state index in [2.05, 4.69) is 31.5 Å². The maximum Gasteiger partial charge on any atom is 0.255 e. The average molecular weight is 355 g/mol. The molecule has 1 aromatic carbocycles. The van der Waals surface area contributed by atoms with Crippen molar-refractivity contribution in [3.63, 3.8) is 0 Å². The predicted molar refractivity (Wildman–Crippen MR) is 85.5 cm³/mol. The van der Waals surface area contributed by atoms with Crippen LogP contribution in [0.1, 0.15) is 17.3 Å². The number of pyridine rings is 1. The van der Waals surface area contributed by atoms with Gasteiger partial charge in [0.2, 0.25) is 0 Å². The van der Waals surface area contributed by atoms with Gasteiger partial charge in [-0.1, -0.05) is 27.5 Å². The molecule has 0 saturated carbocycles. The van der Waals surface area contributed by atoms with E-state index in [1.54, 1.807) is 30.5 Å². The summed E-state index contributed by atoms with van der Waals surface area (Å²) in [6.45, 7) is 2.71. The Morgan fingerprint density at radius 3 is 2.85 bits per heavy atom. The van der Waals surface area contributed by atoms with Crippen LogP contribution in [0.3, 0.4) is 0 Å². The fraction of sp³-hybridized carbons (Fsp3) is 0.143. The van der Waals surface area contributed by atoms with E-state index in [9.17, 15) is 4.79 Å². The van der Waals surface area contributed by atoms with Crippen molar-refractivity contribution >= 4 is 44.9 Å². The van der Waals surface area contributed by atoms with Crippen LogP contribution in [0.5, 0.6) is 0 Å². The lowest BCUT2D eigenvalue weighted by Gasteiger charge is -2.08. The first-order chi connectivity index (χ1) is 9.60. The molecule has 20 heavy (non-hydrogen) atoms. The van der Waals surface area contributed by atoms with Gasteiger partial charge in [0.1, 0.15) is 5.82 Å². The first-order valence-corrected chi connectivity index (χ1v) is 7.23. The molecular formula is C14H13BrClN3O. The van der Waals surface area contributed by atoms with Crippen LogP contribution in [0.4, 0.5) is 11.5 Å². The van der Waals surface area contributed by atoms with Crippen LogP contribution in [0.25, 0.3) is 0 Å². The van der Waals surface area contributed by atoms with Crippen LogP contribution in [-0.4, -0.2) is 17.4 Å². The minimum Gasteiger partial charge on any atom is -0.370 e. The molecule has 2 N–H and O–H groups in total. The summed E-state index contributed by atoms with van der Waals surface area (Å²) in [7, 11) is 0. The predicted octanol–water partition coefficient (Wildman–Crippen LogP) is 4.18. The summed E-state index contributed by atoms with van der Waals surface area (Å²) in [6.07, 6.45) is 1.59. The van der Waals surface area contributed by atoms with Crippen LogP contribution in [0, 0.1) is 0 Å². The topological polar surface area (TPSA) is 54.0 Å². The number of nitrogens with one attached hydrogen (secondary N) is 2. The van der Waals surface area contributed by atoms with Gasteiger partial charge in [-0.15, -0.1) is 0 Å². The number of halogens is 2. The Bertz CT molecular complexity index is 634. The standard InChI is InChI=1S/C14H13BrClN3O/c1-2-17-13-7-9(5-6-18-13)14(20)19-12-4-3-10(15)8-11(12)16/h3-8H,2H2,1H3,(H,17,18)(H,19,20). The van der Waals surface area contributed by atoms with Crippen molar-refractivity contribution in [2.24, 2.45) is 0 Å². The van der Waals surface area contributed by atoms with Crippen molar-refractivity contribution in [3.05, 3.63) is 51.6 Å². The highest BCUT2D eigenvalue weighted by Gasteiger charge is 2.09. The molecule has 1 heterocycles. The van der Waals surface area contributed by atoms with Gasteiger partial charge in [0, 0.05) is 22.8 Å². The van der Waals surface area contributed by atoms with Gasteiger partial charge in [-0.05, 0) is 37.3 Å². The molecule has 0 aliphatic carbocycles. The Hall–Kier alpha value is -1.59. The van der Waals surface area contributed by atoms with E-state index in [0.29, 0.717) is 22.1 Å². The SMILES string of the molecule is CCNc1cc(C(=O)Nc2ccc(Br)cc2Cl)ccn1. The average Bonchev–Trinajstić information content (AvgIpc) is 2.42. The van der Waals surface area contributed by atoms with Crippen molar-refractivity contribution in [2.75, 3.05) is 17.2 Å². The lowest BCUT2D eigenvalue weighted by atomic mass is 10.2. The second-order valence-corrected chi connectivity index (χ2v) is 5.36. The Labute approximate surface area is 130 Å². The summed E-state index contributed by atoms with van der Waals surface area (Å²) in [5, 5.41) is 6.32. The summed E-state index contributed by atoms with van der Waals surface area (Å²) < 4.78 is 0.860. The van der Waals surface area contributed by atoms with Gasteiger partial charge >= 0.3 is 0 Å². The molecular weight excluding hydrogens is 342 g/mol. The van der Waals surface area contributed by atoms with Gasteiger partial charge < -0.3 is 10.6 Å². The molecule has 0 fully saturated rings. The number of benzene rings is 1. The van der Waals surface area contributed by atoms with E-state index < -0.39 is 0 Å². The zero-order chi connectivity index (χ0) is 14.5. The first-order valence-electron chi connectivity index (χ1n) is 6.06. The Kier molecular flexibility index (Phi) is 4.98. The minimum atomic E-state index is -0.226. The number of hydrogen-bond donors (Lipinski definition) is 2. The van der Waals surface area contributed by atoms with E-state index >= 15 is 0 Å². The molecule has 0 bridgehead atoms. The van der Waals surface area contributed by atoms with Gasteiger partial charge in [0.05, 0.1) is 10.7 Å². The molecule has 0 saturated heterocycles. The highest BCUT2D eigenvalue weighted by Crippen LogP contribution is 2.26. The van der Waals surface area contributed by atoms with Crippen molar-refractivity contribution in [1.29, 1.82) is 0 Å². The summed E-state index contributed by atoms with van der Waals surface area (Å²) in [4.78, 5) is 16.3. The fourth-order valence-electron chi connectivity index (χ4n) is 1.63. The van der Waals surface area contributed by atoms with E-state index in [0.717, 1.165) is 11.0 Å². The molecule has 2 aromatic rings. The van der Waals surface area contributed by atoms with Crippen LogP contribution in [-0.2, 0) is 0 Å². The maximum absolute atomic E-state index is 12.2. The van der Waals surface area contributed by atoms with Crippen LogP contribution in [0.2, 0.25) is 5.02 Å². The smallest absolute Gasteiger partial charge is 0.255 e. The Balaban J connectivity index is 2.17. The third kappa shape index (κ3) is 3.71. The van der Waals surface area contributed by atoms with Crippen molar-refractivity contribution < 1.29 is 4.79 Å². The lowest BCUT2D eigenvalue weighted by Crippen LogP contribution is -2.13. The highest BCUT2D eigenvalue weighted by molar-refractivity contribution is 9.10. The van der Waals surface area contributed by atoms with E-state index in [4.69, 9.17) is 11.6 Å². The maximum atomic E-state index is 12.2. The van der Waals surface area contributed by atoms with Gasteiger partial charge in [-0.25, -0.2) is 4.98 Å². The Morgan fingerprint density at radius 2 is 2.15 bits per heavy atom. The molecule has 0 unspecified atom stereocenters. The number of amides is 1. The van der Waals surface area contributed by atoms with Crippen molar-refractivity contribution in [1.82, 2.24) is 4.98 Å². The van der Waals surface area contributed by atoms with Crippen LogP contribution < -0.4 is 10.6 Å². The highest BCUT2D eigenvalue weighted by atomic mass is 79.9. The number of carbonyl (C=O) groups is 1. The summed E-state index contributed by atoms with van der Waals surface area (Å²) in [5.41, 5.74) is 1.09. The van der Waals surface area contributed by atoms with E-state index in [-0.39, 0.29) is 5.91 Å². The molecule has 0 radical (unpaired) electrons. The Morgan fingerprint density at radius 1 is 1.35 bits per heavy atom. The molecule has 104 valence electrons. The van der Waals surface area contributed by atoms with Gasteiger partial charge in [-0.3, -0.25) is 4.79 Å². The van der Waals surface area contributed by atoms with Crippen LogP contribution in [0.15, 0.2) is 41.0 Å². The van der Waals surface area contributed by atoms with Crippen molar-refractivity contribution in [2.45, 2.75) is 6.92 Å². The summed E-state index contributed by atoms with van der Waals surface area (Å²) in [5.74, 6) is 0.442. The largest absolute Gasteiger partial charge is 0.370 e. The number of anilines is 2. The number of aromatic nitrogens is 1. The van der Waals surface area contributed by atoms with Gasteiger partial charge in [0.15, 0.2) is 0 Å². The number of carbonyl (C=O) groups excluding carboxylic acids is 1. The first kappa shape index (κ1) is 14.8. The molecule has 6 heteroatoms.